The molecule has 0 bridgehead atoms. The first-order chi connectivity index (χ1) is 11.7. The molecule has 0 aliphatic carbocycles. The fourth-order valence-corrected chi connectivity index (χ4v) is 3.50. The standard InChI is InChI=1S/C20H21FN2O/c1-14-4-3-9-23(12-14)13-15-7-8-19-18(10-15)22-20(24-19)16-5-2-6-17(21)11-16/h2,5-8,10-11,14H,3-4,9,12-13H2,1H3. The number of fused-ring (bicyclic) bond motifs is 1. The number of nitrogens with zero attached hydrogens (tertiary/aromatic N) is 2. The summed E-state index contributed by atoms with van der Waals surface area (Å²) in [6, 6.07) is 12.5. The van der Waals surface area contributed by atoms with E-state index in [1.165, 1.54) is 30.5 Å². The lowest BCUT2D eigenvalue weighted by Crippen LogP contribution is -2.33. The predicted molar refractivity (Wildman–Crippen MR) is 93.1 cm³/mol. The van der Waals surface area contributed by atoms with E-state index in [1.54, 1.807) is 6.07 Å². The Morgan fingerprint density at radius 1 is 1.25 bits per heavy atom. The van der Waals surface area contributed by atoms with Crippen LogP contribution in [0.3, 0.4) is 0 Å². The number of hydrogen-bond acceptors (Lipinski definition) is 3. The zero-order valence-electron chi connectivity index (χ0n) is 13.8. The Bertz CT molecular complexity index is 858. The Kier molecular flexibility index (Phi) is 4.07. The zero-order valence-corrected chi connectivity index (χ0v) is 13.8. The summed E-state index contributed by atoms with van der Waals surface area (Å²) in [5.41, 5.74) is 3.48. The third kappa shape index (κ3) is 3.20. The molecule has 0 spiro atoms. The molecule has 0 saturated carbocycles. The molecule has 0 amide bonds. The van der Waals surface area contributed by atoms with Crippen LogP contribution in [-0.4, -0.2) is 23.0 Å². The molecule has 3 nitrogen and oxygen atoms in total. The summed E-state index contributed by atoms with van der Waals surface area (Å²) < 4.78 is 19.2. The Morgan fingerprint density at radius 2 is 2.17 bits per heavy atom. The minimum Gasteiger partial charge on any atom is -0.436 e. The van der Waals surface area contributed by atoms with Crippen LogP contribution in [0, 0.1) is 11.7 Å². The van der Waals surface area contributed by atoms with Gasteiger partial charge in [-0.3, -0.25) is 4.90 Å². The molecule has 4 rings (SSSR count). The third-order valence-corrected chi connectivity index (χ3v) is 4.67. The van der Waals surface area contributed by atoms with E-state index in [9.17, 15) is 4.39 Å². The fraction of sp³-hybridized carbons (Fsp3) is 0.350. The van der Waals surface area contributed by atoms with Crippen LogP contribution in [0.4, 0.5) is 4.39 Å². The van der Waals surface area contributed by atoms with Crippen molar-refractivity contribution >= 4 is 11.1 Å². The number of likely N-dealkylation sites (tertiary alicyclic amines) is 1. The second kappa shape index (κ2) is 6.36. The van der Waals surface area contributed by atoms with Crippen LogP contribution in [0.2, 0.25) is 0 Å². The van der Waals surface area contributed by atoms with Crippen molar-refractivity contribution in [2.24, 2.45) is 5.92 Å². The maximum absolute atomic E-state index is 13.4. The summed E-state index contributed by atoms with van der Waals surface area (Å²) in [4.78, 5) is 7.04. The molecule has 1 aromatic heterocycles. The van der Waals surface area contributed by atoms with Crippen molar-refractivity contribution < 1.29 is 8.81 Å². The molecule has 3 aromatic rings. The zero-order chi connectivity index (χ0) is 16.5. The lowest BCUT2D eigenvalue weighted by molar-refractivity contribution is 0.176. The minimum absolute atomic E-state index is 0.283. The van der Waals surface area contributed by atoms with Crippen molar-refractivity contribution in [3.63, 3.8) is 0 Å². The number of halogens is 1. The van der Waals surface area contributed by atoms with Crippen LogP contribution in [0.5, 0.6) is 0 Å². The van der Waals surface area contributed by atoms with E-state index in [0.29, 0.717) is 11.5 Å². The fourth-order valence-electron chi connectivity index (χ4n) is 3.50. The van der Waals surface area contributed by atoms with E-state index in [4.69, 9.17) is 4.42 Å². The molecule has 2 heterocycles. The SMILES string of the molecule is CC1CCCN(Cc2ccc3oc(-c4cccc(F)c4)nc3c2)C1. The van der Waals surface area contributed by atoms with Crippen molar-refractivity contribution in [1.82, 2.24) is 9.88 Å². The lowest BCUT2D eigenvalue weighted by atomic mass is 10.00. The van der Waals surface area contributed by atoms with Gasteiger partial charge in [0.25, 0.3) is 0 Å². The number of rotatable bonds is 3. The molecule has 1 fully saturated rings. The van der Waals surface area contributed by atoms with Gasteiger partial charge in [-0.1, -0.05) is 19.1 Å². The van der Waals surface area contributed by atoms with Gasteiger partial charge in [-0.15, -0.1) is 0 Å². The number of piperidine rings is 1. The molecule has 0 N–H and O–H groups in total. The highest BCUT2D eigenvalue weighted by Gasteiger charge is 2.17. The molecule has 1 atom stereocenters. The molecule has 0 radical (unpaired) electrons. The maximum Gasteiger partial charge on any atom is 0.227 e. The molecular weight excluding hydrogens is 303 g/mol. The molecule has 124 valence electrons. The van der Waals surface area contributed by atoms with Gasteiger partial charge in [0, 0.05) is 18.7 Å². The number of hydrogen-bond donors (Lipinski definition) is 0. The molecule has 4 heteroatoms. The summed E-state index contributed by atoms with van der Waals surface area (Å²) >= 11 is 0. The van der Waals surface area contributed by atoms with Crippen LogP contribution in [0.25, 0.3) is 22.6 Å². The highest BCUT2D eigenvalue weighted by molar-refractivity contribution is 5.76. The first-order valence-electron chi connectivity index (χ1n) is 8.55. The predicted octanol–water partition coefficient (Wildman–Crippen LogP) is 4.87. The van der Waals surface area contributed by atoms with E-state index in [0.717, 1.165) is 36.7 Å². The van der Waals surface area contributed by atoms with Crippen molar-refractivity contribution in [1.29, 1.82) is 0 Å². The average molecular weight is 324 g/mol. The molecule has 1 saturated heterocycles. The average Bonchev–Trinajstić information content (AvgIpc) is 2.98. The summed E-state index contributed by atoms with van der Waals surface area (Å²) in [6.07, 6.45) is 2.60. The van der Waals surface area contributed by atoms with Gasteiger partial charge in [0.1, 0.15) is 11.3 Å². The summed E-state index contributed by atoms with van der Waals surface area (Å²) in [6.45, 7) is 5.59. The van der Waals surface area contributed by atoms with Crippen molar-refractivity contribution in [2.45, 2.75) is 26.3 Å². The third-order valence-electron chi connectivity index (χ3n) is 4.67. The monoisotopic (exact) mass is 324 g/mol. The number of benzene rings is 2. The normalized spacial score (nSPS) is 19.0. The molecular formula is C20H21FN2O. The van der Waals surface area contributed by atoms with Crippen molar-refractivity contribution in [2.75, 3.05) is 13.1 Å². The van der Waals surface area contributed by atoms with Gasteiger partial charge in [0.05, 0.1) is 0 Å². The van der Waals surface area contributed by atoms with Gasteiger partial charge >= 0.3 is 0 Å². The first kappa shape index (κ1) is 15.3. The van der Waals surface area contributed by atoms with E-state index in [2.05, 4.69) is 28.9 Å². The highest BCUT2D eigenvalue weighted by Crippen LogP contribution is 2.26. The number of aromatic nitrogens is 1. The van der Waals surface area contributed by atoms with Gasteiger partial charge in [-0.2, -0.15) is 0 Å². The van der Waals surface area contributed by atoms with Crippen LogP contribution in [0.1, 0.15) is 25.3 Å². The minimum atomic E-state index is -0.283. The highest BCUT2D eigenvalue weighted by atomic mass is 19.1. The summed E-state index contributed by atoms with van der Waals surface area (Å²) in [7, 11) is 0. The topological polar surface area (TPSA) is 29.3 Å². The summed E-state index contributed by atoms with van der Waals surface area (Å²) in [5, 5.41) is 0. The second-order valence-corrected chi connectivity index (χ2v) is 6.81. The quantitative estimate of drug-likeness (QED) is 0.688. The molecule has 1 unspecified atom stereocenters. The second-order valence-electron chi connectivity index (χ2n) is 6.81. The van der Waals surface area contributed by atoms with Gasteiger partial charge in [0.2, 0.25) is 5.89 Å². The van der Waals surface area contributed by atoms with Crippen LogP contribution in [-0.2, 0) is 6.54 Å². The smallest absolute Gasteiger partial charge is 0.227 e. The molecule has 1 aliphatic rings. The van der Waals surface area contributed by atoms with Gasteiger partial charge in [0.15, 0.2) is 5.58 Å². The van der Waals surface area contributed by atoms with E-state index < -0.39 is 0 Å². The van der Waals surface area contributed by atoms with Crippen LogP contribution >= 0.6 is 0 Å². The Labute approximate surface area is 141 Å². The first-order valence-corrected chi connectivity index (χ1v) is 8.55. The van der Waals surface area contributed by atoms with Crippen LogP contribution < -0.4 is 0 Å². The van der Waals surface area contributed by atoms with E-state index in [1.807, 2.05) is 12.1 Å². The van der Waals surface area contributed by atoms with Crippen molar-refractivity contribution in [3.05, 3.63) is 53.8 Å². The van der Waals surface area contributed by atoms with Crippen LogP contribution in [0.15, 0.2) is 46.9 Å². The van der Waals surface area contributed by atoms with Gasteiger partial charge in [-0.05, 0) is 61.2 Å². The van der Waals surface area contributed by atoms with Gasteiger partial charge < -0.3 is 4.42 Å². The summed E-state index contributed by atoms with van der Waals surface area (Å²) in [5.74, 6) is 0.956. The van der Waals surface area contributed by atoms with Gasteiger partial charge in [-0.25, -0.2) is 9.37 Å². The van der Waals surface area contributed by atoms with E-state index >= 15 is 0 Å². The largest absolute Gasteiger partial charge is 0.436 e. The Hall–Kier alpha value is -2.20. The number of oxazole rings is 1. The molecule has 24 heavy (non-hydrogen) atoms. The Morgan fingerprint density at radius 3 is 3.00 bits per heavy atom. The van der Waals surface area contributed by atoms with Crippen molar-refractivity contribution in [3.8, 4) is 11.5 Å². The molecule has 1 aliphatic heterocycles. The molecule has 2 aromatic carbocycles. The maximum atomic E-state index is 13.4. The lowest BCUT2D eigenvalue weighted by Gasteiger charge is -2.30. The Balaban J connectivity index is 1.59. The van der Waals surface area contributed by atoms with E-state index in [-0.39, 0.29) is 5.82 Å².